The Morgan fingerprint density at radius 2 is 1.83 bits per heavy atom. The normalized spacial score (nSPS) is 15.4. The van der Waals surface area contributed by atoms with Gasteiger partial charge < -0.3 is 26.5 Å². The van der Waals surface area contributed by atoms with Crippen LogP contribution in [0.1, 0.15) is 89.7 Å². The molecule has 2 rings (SSSR count). The summed E-state index contributed by atoms with van der Waals surface area (Å²) >= 11 is 3.53. The highest BCUT2D eigenvalue weighted by Gasteiger charge is 2.36. The van der Waals surface area contributed by atoms with Crippen molar-refractivity contribution in [3.8, 4) is 0 Å². The Balaban J connectivity index is 0. The number of hydrogen-bond donors (Lipinski definition) is 4. The van der Waals surface area contributed by atoms with Crippen LogP contribution in [0.2, 0.25) is 0 Å². The number of carbonyl (C=O) groups is 2. The van der Waals surface area contributed by atoms with Gasteiger partial charge in [-0.15, -0.1) is 0 Å². The third-order valence-corrected chi connectivity index (χ3v) is 6.25. The number of rotatable bonds is 10. The lowest BCUT2D eigenvalue weighted by molar-refractivity contribution is -0.141. The lowest BCUT2D eigenvalue weighted by Gasteiger charge is -2.38. The van der Waals surface area contributed by atoms with Crippen molar-refractivity contribution < 1.29 is 27.5 Å². The fourth-order valence-electron chi connectivity index (χ4n) is 3.93. The summed E-state index contributed by atoms with van der Waals surface area (Å²) in [6.45, 7) is 12.6. The maximum atomic E-state index is 13.0. The van der Waals surface area contributed by atoms with Crippen molar-refractivity contribution in [2.75, 3.05) is 32.3 Å². The highest BCUT2D eigenvalue weighted by atomic mass is 32.1. The summed E-state index contributed by atoms with van der Waals surface area (Å²) in [6.07, 6.45) is 4.41. The van der Waals surface area contributed by atoms with Gasteiger partial charge in [-0.05, 0) is 37.7 Å². The number of pyridine rings is 1. The van der Waals surface area contributed by atoms with E-state index in [-0.39, 0.29) is 23.0 Å². The number of aromatic nitrogens is 1. The van der Waals surface area contributed by atoms with E-state index in [4.69, 9.17) is 21.6 Å². The summed E-state index contributed by atoms with van der Waals surface area (Å²) < 4.78 is 43.1. The number of methoxy groups -OCH3 is 1. The van der Waals surface area contributed by atoms with Crippen molar-refractivity contribution >= 4 is 35.7 Å². The Hall–Kier alpha value is -2.86. The molecule has 2 unspecified atom stereocenters. The van der Waals surface area contributed by atoms with E-state index in [1.807, 2.05) is 41.5 Å². The van der Waals surface area contributed by atoms with Gasteiger partial charge in [-0.3, -0.25) is 14.6 Å². The van der Waals surface area contributed by atoms with Crippen LogP contribution in [-0.2, 0) is 15.7 Å². The monoisotopic (exact) mass is 617 g/mol. The van der Waals surface area contributed by atoms with Gasteiger partial charge in [0.15, 0.2) is 5.78 Å². The minimum atomic E-state index is -4.63. The molecule has 2 heterocycles. The zero-order valence-electron chi connectivity index (χ0n) is 26.3. The first kappa shape index (κ1) is 41.3. The summed E-state index contributed by atoms with van der Waals surface area (Å²) in [5.74, 6) is -0.178. The topological polar surface area (TPSA) is 135 Å². The smallest absolute Gasteiger partial charge is 0.402 e. The molecule has 240 valence electrons. The number of nitrogen functional groups attached to an aromatic ring is 1. The van der Waals surface area contributed by atoms with Crippen LogP contribution in [0.3, 0.4) is 0 Å². The maximum absolute atomic E-state index is 13.0. The van der Waals surface area contributed by atoms with Crippen LogP contribution in [0.4, 0.5) is 18.9 Å². The van der Waals surface area contributed by atoms with Crippen LogP contribution in [0, 0.1) is 11.3 Å². The molecule has 2 atom stereocenters. The molecule has 0 spiro atoms. The Labute approximate surface area is 255 Å². The zero-order valence-corrected chi connectivity index (χ0v) is 27.2. The quantitative estimate of drug-likeness (QED) is 0.131. The SMILES string of the molecule is CC.CCC(C)C(=O)/C=C/COC.CCCC(=N)C1=C(N)CCN(C(=O)c2cnc(C(F)(F)F)cc2N)C1CC.CS. The molecule has 0 aromatic carbocycles. The van der Waals surface area contributed by atoms with E-state index in [2.05, 4.69) is 17.6 Å². The van der Waals surface area contributed by atoms with Gasteiger partial charge in [-0.2, -0.15) is 25.8 Å². The number of carbonyl (C=O) groups excluding carboxylic acids is 2. The Morgan fingerprint density at radius 1 is 1.24 bits per heavy atom. The van der Waals surface area contributed by atoms with Crippen molar-refractivity contribution in [1.82, 2.24) is 9.88 Å². The molecule has 0 bridgehead atoms. The minimum Gasteiger partial charge on any atom is -0.402 e. The molecule has 1 aliphatic heterocycles. The van der Waals surface area contributed by atoms with E-state index in [0.717, 1.165) is 19.0 Å². The molecule has 1 aromatic rings. The van der Waals surface area contributed by atoms with Gasteiger partial charge in [0.05, 0.1) is 18.2 Å². The first-order valence-corrected chi connectivity index (χ1v) is 15.1. The molecule has 42 heavy (non-hydrogen) atoms. The number of halogens is 3. The number of alkyl halides is 3. The Kier molecular flexibility index (Phi) is 21.4. The summed E-state index contributed by atoms with van der Waals surface area (Å²) in [6, 6.07) is 0.259. The van der Waals surface area contributed by atoms with Crippen LogP contribution < -0.4 is 11.5 Å². The zero-order chi connectivity index (χ0) is 33.0. The van der Waals surface area contributed by atoms with Gasteiger partial charge >= 0.3 is 6.18 Å². The highest BCUT2D eigenvalue weighted by Crippen LogP contribution is 2.32. The number of ketones is 1. The molecular formula is C30H50F3N5O3S. The third-order valence-electron chi connectivity index (χ3n) is 6.25. The predicted octanol–water partition coefficient (Wildman–Crippen LogP) is 6.72. The minimum absolute atomic E-state index is 0.0803. The fourth-order valence-corrected chi connectivity index (χ4v) is 3.93. The molecule has 0 saturated carbocycles. The molecule has 8 nitrogen and oxygen atoms in total. The molecular weight excluding hydrogens is 567 g/mol. The molecule has 1 aliphatic rings. The van der Waals surface area contributed by atoms with Gasteiger partial charge in [0.1, 0.15) is 5.69 Å². The summed E-state index contributed by atoms with van der Waals surface area (Å²) in [5, 5.41) is 8.28. The van der Waals surface area contributed by atoms with Crippen molar-refractivity contribution in [3.05, 3.63) is 46.9 Å². The maximum Gasteiger partial charge on any atom is 0.433 e. The second-order valence-corrected chi connectivity index (χ2v) is 9.06. The third kappa shape index (κ3) is 13.0. The average Bonchev–Trinajstić information content (AvgIpc) is 2.98. The van der Waals surface area contributed by atoms with Gasteiger partial charge in [0.25, 0.3) is 5.91 Å². The highest BCUT2D eigenvalue weighted by molar-refractivity contribution is 7.79. The predicted molar refractivity (Wildman–Crippen MR) is 169 cm³/mol. The number of nitrogens with two attached hydrogens (primary N) is 2. The lowest BCUT2D eigenvalue weighted by Crippen LogP contribution is -2.47. The number of nitrogens with zero attached hydrogens (tertiary/aromatic N) is 2. The van der Waals surface area contributed by atoms with E-state index in [1.54, 1.807) is 25.5 Å². The summed E-state index contributed by atoms with van der Waals surface area (Å²) in [4.78, 5) is 28.9. The van der Waals surface area contributed by atoms with Crippen molar-refractivity contribution in [1.29, 1.82) is 5.41 Å². The van der Waals surface area contributed by atoms with Crippen molar-refractivity contribution in [2.45, 2.75) is 85.9 Å². The molecule has 5 N–H and O–H groups in total. The number of amides is 1. The summed E-state index contributed by atoms with van der Waals surface area (Å²) in [5.41, 5.74) is 11.9. The number of hydrogen-bond acceptors (Lipinski definition) is 8. The van der Waals surface area contributed by atoms with E-state index in [9.17, 15) is 22.8 Å². The van der Waals surface area contributed by atoms with Crippen LogP contribution >= 0.6 is 12.6 Å². The largest absolute Gasteiger partial charge is 0.433 e. The number of allylic oxidation sites excluding steroid dienone is 1. The lowest BCUT2D eigenvalue weighted by atomic mass is 9.89. The molecule has 12 heteroatoms. The van der Waals surface area contributed by atoms with Gasteiger partial charge in [-0.1, -0.05) is 54.0 Å². The number of ether oxygens (including phenoxy) is 1. The van der Waals surface area contributed by atoms with Crippen LogP contribution in [0.25, 0.3) is 0 Å². The Bertz CT molecular complexity index is 1050. The number of anilines is 1. The second kappa shape index (κ2) is 21.8. The molecule has 1 amide bonds. The van der Waals surface area contributed by atoms with E-state index >= 15 is 0 Å². The second-order valence-electron chi connectivity index (χ2n) is 9.06. The van der Waals surface area contributed by atoms with Gasteiger partial charge in [0, 0.05) is 54.9 Å². The molecule has 1 aromatic heterocycles. The molecule has 0 fully saturated rings. The first-order valence-electron chi connectivity index (χ1n) is 14.2. The van der Waals surface area contributed by atoms with Crippen molar-refractivity contribution in [2.24, 2.45) is 11.7 Å². The van der Waals surface area contributed by atoms with Crippen LogP contribution in [0.15, 0.2) is 35.7 Å². The summed E-state index contributed by atoms with van der Waals surface area (Å²) in [7, 11) is 1.61. The van der Waals surface area contributed by atoms with Crippen LogP contribution in [0.5, 0.6) is 0 Å². The van der Waals surface area contributed by atoms with Gasteiger partial charge in [-0.25, -0.2) is 0 Å². The first-order chi connectivity index (χ1) is 19.8. The standard InChI is InChI=1S/C18H24F3N5O.C9H16O2.C2H6.CH4S/c1-3-5-11(22)16-12(23)6-7-26(14(16)4-2)17(27)10-9-25-15(8-13(10)24)18(19,20)21;1-4-8(2)9(10)6-5-7-11-3;2*1-2/h8-9,14,22H,3-7,23H2,1-2H3,(H2,24,25);5-6,8H,4,7H2,1-3H3;1-2H3;2H,1H3/b;6-5+;;. The number of nitrogens with one attached hydrogen (secondary N) is 1. The van der Waals surface area contributed by atoms with Gasteiger partial charge in [0.2, 0.25) is 0 Å². The fraction of sp³-hybridized carbons (Fsp3) is 0.600. The molecule has 0 aliphatic carbocycles. The van der Waals surface area contributed by atoms with Crippen molar-refractivity contribution in [3.63, 3.8) is 0 Å². The Morgan fingerprint density at radius 3 is 2.29 bits per heavy atom. The van der Waals surface area contributed by atoms with E-state index in [0.29, 0.717) is 55.5 Å². The van der Waals surface area contributed by atoms with E-state index in [1.165, 1.54) is 4.90 Å². The van der Waals surface area contributed by atoms with Crippen LogP contribution in [-0.4, -0.2) is 59.8 Å². The molecule has 0 saturated heterocycles. The average molecular weight is 618 g/mol. The van der Waals surface area contributed by atoms with E-state index < -0.39 is 23.8 Å². The number of thiol groups is 1. The molecule has 0 radical (unpaired) electrons.